The Morgan fingerprint density at radius 3 is 1.62 bits per heavy atom. The molecule has 0 spiro atoms. The lowest BCUT2D eigenvalue weighted by atomic mass is 10.1. The molecule has 0 fully saturated rings. The molecule has 0 atom stereocenters. The van der Waals surface area contributed by atoms with E-state index in [1.54, 1.807) is 12.1 Å². The summed E-state index contributed by atoms with van der Waals surface area (Å²) >= 11 is 6.98. The third kappa shape index (κ3) is 2.49. The molecule has 0 amide bonds. The number of hydrogen-bond donors (Lipinski definition) is 1. The predicted octanol–water partition coefficient (Wildman–Crippen LogP) is 5.11. The van der Waals surface area contributed by atoms with Crippen LogP contribution in [0.2, 0.25) is 0 Å². The number of benzene rings is 2. The Kier molecular flexibility index (Phi) is 4.01. The minimum atomic E-state index is -2.20. The van der Waals surface area contributed by atoms with Gasteiger partial charge in [0.25, 0.3) is 0 Å². The Bertz CT molecular complexity index is 1010. The normalized spacial score (nSPS) is 15.3. The summed E-state index contributed by atoms with van der Waals surface area (Å²) in [6, 6.07) is 3.51. The van der Waals surface area contributed by atoms with E-state index in [-0.39, 0.29) is 0 Å². The fourth-order valence-corrected chi connectivity index (χ4v) is 5.04. The Labute approximate surface area is 164 Å². The van der Waals surface area contributed by atoms with Gasteiger partial charge in [-0.05, 0) is 31.9 Å². The maximum atomic E-state index is 10.3. The summed E-state index contributed by atoms with van der Waals surface area (Å²) in [4.78, 5) is 10.3. The number of fused-ring (bicyclic) bond motifs is 7. The molecular formula is C16H11Br2O7P. The van der Waals surface area contributed by atoms with Gasteiger partial charge in [-0.25, -0.2) is 0 Å². The fraction of sp³-hybridized carbons (Fsp3) is 0.250. The smallest absolute Gasteiger partial charge is 0.384 e. The van der Waals surface area contributed by atoms with Gasteiger partial charge in [0.15, 0.2) is 34.2 Å². The lowest BCUT2D eigenvalue weighted by Gasteiger charge is -2.22. The van der Waals surface area contributed by atoms with Crippen molar-refractivity contribution >= 4 is 62.0 Å². The summed E-state index contributed by atoms with van der Waals surface area (Å²) in [5.41, 5.74) is 0.798. The van der Waals surface area contributed by atoms with Gasteiger partial charge < -0.3 is 27.3 Å². The van der Waals surface area contributed by atoms with Gasteiger partial charge in [-0.1, -0.05) is 0 Å². The van der Waals surface area contributed by atoms with Gasteiger partial charge in [-0.3, -0.25) is 4.89 Å². The SMILES string of the molecule is Op1oc2c(Br)cc3c(c2c2c4c(cc(Br)c2o1)OCCO4)OCCO3. The molecule has 26 heavy (non-hydrogen) atoms. The van der Waals surface area contributed by atoms with Crippen molar-refractivity contribution < 1.29 is 32.2 Å². The summed E-state index contributed by atoms with van der Waals surface area (Å²) in [5.74, 6) is 2.18. The molecule has 10 heteroatoms. The average molecular weight is 506 g/mol. The molecule has 0 saturated carbocycles. The van der Waals surface area contributed by atoms with Gasteiger partial charge in [0.05, 0.1) is 19.7 Å². The summed E-state index contributed by atoms with van der Waals surface area (Å²) < 4.78 is 35.8. The van der Waals surface area contributed by atoms with Crippen LogP contribution in [0.15, 0.2) is 29.5 Å². The van der Waals surface area contributed by atoms with E-state index in [1.165, 1.54) is 0 Å². The molecule has 0 radical (unpaired) electrons. The Morgan fingerprint density at radius 2 is 1.15 bits per heavy atom. The molecule has 0 unspecified atom stereocenters. The topological polar surface area (TPSA) is 83.4 Å². The number of rotatable bonds is 0. The van der Waals surface area contributed by atoms with Crippen LogP contribution < -0.4 is 18.9 Å². The molecule has 7 nitrogen and oxygen atoms in total. The first-order valence-electron chi connectivity index (χ1n) is 7.73. The highest BCUT2D eigenvalue weighted by Gasteiger charge is 2.27. The van der Waals surface area contributed by atoms with Crippen molar-refractivity contribution in [3.63, 3.8) is 0 Å². The largest absolute Gasteiger partial charge is 0.486 e. The fourth-order valence-electron chi connectivity index (χ4n) is 3.08. The minimum absolute atomic E-state index is 0.399. The van der Waals surface area contributed by atoms with Crippen LogP contribution in [-0.4, -0.2) is 31.3 Å². The molecule has 0 bridgehead atoms. The summed E-state index contributed by atoms with van der Waals surface area (Å²) in [6.07, 6.45) is 0. The third-order valence-corrected chi connectivity index (χ3v) is 5.92. The maximum absolute atomic E-state index is 10.3. The van der Waals surface area contributed by atoms with Crippen LogP contribution in [-0.2, 0) is 0 Å². The molecule has 0 saturated heterocycles. The van der Waals surface area contributed by atoms with Crippen LogP contribution in [0.5, 0.6) is 23.0 Å². The maximum Gasteiger partial charge on any atom is 0.384 e. The zero-order valence-electron chi connectivity index (χ0n) is 13.1. The van der Waals surface area contributed by atoms with E-state index >= 15 is 0 Å². The molecule has 0 aliphatic carbocycles. The zero-order valence-corrected chi connectivity index (χ0v) is 17.1. The van der Waals surface area contributed by atoms with Crippen LogP contribution >= 0.6 is 40.1 Å². The van der Waals surface area contributed by atoms with Crippen molar-refractivity contribution in [2.24, 2.45) is 0 Å². The highest BCUT2D eigenvalue weighted by Crippen LogP contribution is 2.52. The molecule has 5 rings (SSSR count). The monoisotopic (exact) mass is 504 g/mol. The zero-order chi connectivity index (χ0) is 17.8. The molecule has 2 aliphatic rings. The molecular weight excluding hydrogens is 495 g/mol. The van der Waals surface area contributed by atoms with E-state index in [1.807, 2.05) is 0 Å². The van der Waals surface area contributed by atoms with Gasteiger partial charge >= 0.3 is 8.24 Å². The van der Waals surface area contributed by atoms with Crippen molar-refractivity contribution in [3.05, 3.63) is 21.1 Å². The van der Waals surface area contributed by atoms with Gasteiger partial charge in [0.1, 0.15) is 26.4 Å². The lowest BCUT2D eigenvalue weighted by Crippen LogP contribution is -2.16. The highest BCUT2D eigenvalue weighted by atomic mass is 79.9. The van der Waals surface area contributed by atoms with E-state index in [4.69, 9.17) is 27.3 Å². The van der Waals surface area contributed by atoms with Crippen LogP contribution in [0.25, 0.3) is 21.9 Å². The van der Waals surface area contributed by atoms with E-state index in [0.29, 0.717) is 80.3 Å². The summed E-state index contributed by atoms with van der Waals surface area (Å²) in [5, 5.41) is 1.18. The van der Waals surface area contributed by atoms with Crippen LogP contribution in [0.3, 0.4) is 0 Å². The van der Waals surface area contributed by atoms with Gasteiger partial charge in [-0.15, -0.1) is 0 Å². The molecule has 2 aliphatic heterocycles. The Balaban J connectivity index is 2.09. The standard InChI is InChI=1S/C16H11Br2O7P/c17-7-5-9-15(22-3-1-20-9)11-12-14(25-26(19)24-13(7)11)8(18)6-10-16(12)23-4-2-21-10/h5-6,19H,1-4H2. The van der Waals surface area contributed by atoms with Crippen molar-refractivity contribution in [2.75, 3.05) is 26.4 Å². The second kappa shape index (κ2) is 6.27. The Morgan fingerprint density at radius 1 is 0.731 bits per heavy atom. The van der Waals surface area contributed by atoms with E-state index in [2.05, 4.69) is 31.9 Å². The number of halogens is 2. The molecule has 2 aromatic carbocycles. The second-order valence-electron chi connectivity index (χ2n) is 5.59. The summed E-state index contributed by atoms with van der Waals surface area (Å²) in [6.45, 7) is 1.70. The molecule has 1 N–H and O–H groups in total. The first kappa shape index (κ1) is 16.6. The van der Waals surface area contributed by atoms with Crippen LogP contribution in [0, 0.1) is 0 Å². The highest BCUT2D eigenvalue weighted by molar-refractivity contribution is 9.11. The molecule has 3 heterocycles. The van der Waals surface area contributed by atoms with E-state index < -0.39 is 8.24 Å². The molecule has 1 aromatic heterocycles. The molecule has 3 aromatic rings. The number of hydrogen-bond acceptors (Lipinski definition) is 7. The van der Waals surface area contributed by atoms with E-state index in [0.717, 1.165) is 0 Å². The van der Waals surface area contributed by atoms with Crippen molar-refractivity contribution in [1.29, 1.82) is 0 Å². The average Bonchev–Trinajstić information content (AvgIpc) is 2.79. The molecule has 136 valence electrons. The van der Waals surface area contributed by atoms with Gasteiger partial charge in [0.2, 0.25) is 0 Å². The summed E-state index contributed by atoms with van der Waals surface area (Å²) in [7, 11) is -2.20. The first-order chi connectivity index (χ1) is 12.6. The second-order valence-corrected chi connectivity index (χ2v) is 8.14. The van der Waals surface area contributed by atoms with Gasteiger partial charge in [0, 0.05) is 12.1 Å². The van der Waals surface area contributed by atoms with Crippen LogP contribution in [0.1, 0.15) is 0 Å². The number of ether oxygens (including phenoxy) is 4. The van der Waals surface area contributed by atoms with Crippen molar-refractivity contribution in [1.82, 2.24) is 0 Å². The van der Waals surface area contributed by atoms with E-state index in [9.17, 15) is 4.89 Å². The predicted molar refractivity (Wildman–Crippen MR) is 101 cm³/mol. The first-order valence-corrected chi connectivity index (χ1v) is 10.4. The van der Waals surface area contributed by atoms with Crippen molar-refractivity contribution in [3.8, 4) is 23.0 Å². The Hall–Kier alpha value is -1.54. The quantitative estimate of drug-likeness (QED) is 0.454. The van der Waals surface area contributed by atoms with Crippen molar-refractivity contribution in [2.45, 2.75) is 0 Å². The third-order valence-electron chi connectivity index (χ3n) is 4.07. The minimum Gasteiger partial charge on any atom is -0.486 e. The lowest BCUT2D eigenvalue weighted by molar-refractivity contribution is 0.172. The van der Waals surface area contributed by atoms with Gasteiger partial charge in [-0.2, -0.15) is 0 Å². The van der Waals surface area contributed by atoms with Crippen LogP contribution in [0.4, 0.5) is 0 Å².